The molecule has 3 nitrogen and oxygen atoms in total. The van der Waals surface area contributed by atoms with Crippen LogP contribution >= 0.6 is 0 Å². The lowest BCUT2D eigenvalue weighted by atomic mass is 10.1. The molecule has 0 aliphatic heterocycles. The molecule has 1 rings (SSSR count). The van der Waals surface area contributed by atoms with Crippen LogP contribution in [0.3, 0.4) is 0 Å². The molecular formula is C15H27N3. The molecule has 0 aromatic carbocycles. The van der Waals surface area contributed by atoms with Crippen molar-refractivity contribution in [3.05, 3.63) is 30.1 Å². The van der Waals surface area contributed by atoms with Crippen molar-refractivity contribution in [1.82, 2.24) is 15.1 Å². The van der Waals surface area contributed by atoms with Gasteiger partial charge in [0.15, 0.2) is 0 Å². The average Bonchev–Trinajstić information content (AvgIpc) is 2.75. The molecule has 1 N–H and O–H groups in total. The monoisotopic (exact) mass is 249 g/mol. The van der Waals surface area contributed by atoms with Crippen molar-refractivity contribution < 1.29 is 0 Å². The number of nitrogens with zero attached hydrogens (tertiary/aromatic N) is 2. The van der Waals surface area contributed by atoms with Crippen molar-refractivity contribution in [2.75, 3.05) is 6.54 Å². The molecule has 0 aliphatic rings. The van der Waals surface area contributed by atoms with Crippen LogP contribution < -0.4 is 5.32 Å². The molecule has 1 aromatic rings. The largest absolute Gasteiger partial charge is 0.309 e. The van der Waals surface area contributed by atoms with Gasteiger partial charge in [-0.15, -0.1) is 6.58 Å². The lowest BCUT2D eigenvalue weighted by Gasteiger charge is -2.19. The summed E-state index contributed by atoms with van der Waals surface area (Å²) < 4.78 is 2.12. The molecule has 0 spiro atoms. The third-order valence-electron chi connectivity index (χ3n) is 3.13. The zero-order chi connectivity index (χ0) is 13.4. The molecule has 0 saturated heterocycles. The van der Waals surface area contributed by atoms with E-state index in [4.69, 9.17) is 0 Å². The number of aryl methyl sites for hydroxylation is 2. The van der Waals surface area contributed by atoms with Crippen molar-refractivity contribution in [2.24, 2.45) is 0 Å². The highest BCUT2D eigenvalue weighted by atomic mass is 15.3. The molecule has 3 heteroatoms. The van der Waals surface area contributed by atoms with Crippen molar-refractivity contribution in [3.8, 4) is 0 Å². The highest BCUT2D eigenvalue weighted by molar-refractivity contribution is 5.13. The van der Waals surface area contributed by atoms with Crippen LogP contribution in [0.2, 0.25) is 0 Å². The van der Waals surface area contributed by atoms with E-state index in [2.05, 4.69) is 48.5 Å². The standard InChI is InChI=1S/C15H27N3/c1-5-8-9-10-14(16-11-6-2)15-12-13(4)17-18(15)7-3/h5,12,14,16H,1,6-11H2,2-4H3. The number of aromatic nitrogens is 2. The van der Waals surface area contributed by atoms with Gasteiger partial charge in [-0.05, 0) is 52.1 Å². The molecule has 0 amide bonds. The summed E-state index contributed by atoms with van der Waals surface area (Å²) in [5.74, 6) is 0. The highest BCUT2D eigenvalue weighted by Crippen LogP contribution is 2.20. The van der Waals surface area contributed by atoms with E-state index in [1.54, 1.807) is 0 Å². The molecule has 0 bridgehead atoms. The zero-order valence-electron chi connectivity index (χ0n) is 12.1. The first kappa shape index (κ1) is 15.0. The summed E-state index contributed by atoms with van der Waals surface area (Å²) in [6.07, 6.45) is 6.58. The summed E-state index contributed by atoms with van der Waals surface area (Å²) in [6.45, 7) is 12.2. The Morgan fingerprint density at radius 2 is 2.28 bits per heavy atom. The van der Waals surface area contributed by atoms with Crippen LogP contribution in [-0.2, 0) is 6.54 Å². The second-order valence-corrected chi connectivity index (χ2v) is 4.75. The molecule has 1 atom stereocenters. The Morgan fingerprint density at radius 3 is 2.89 bits per heavy atom. The van der Waals surface area contributed by atoms with Crippen LogP contribution in [0.1, 0.15) is 57.0 Å². The minimum atomic E-state index is 0.422. The number of hydrogen-bond donors (Lipinski definition) is 1. The van der Waals surface area contributed by atoms with Crippen LogP contribution in [0.25, 0.3) is 0 Å². The van der Waals surface area contributed by atoms with Gasteiger partial charge in [-0.2, -0.15) is 5.10 Å². The molecule has 1 aromatic heterocycles. The van der Waals surface area contributed by atoms with Crippen LogP contribution in [0, 0.1) is 6.92 Å². The van der Waals surface area contributed by atoms with Crippen molar-refractivity contribution in [3.63, 3.8) is 0 Å². The maximum absolute atomic E-state index is 4.54. The van der Waals surface area contributed by atoms with Gasteiger partial charge in [-0.1, -0.05) is 13.0 Å². The fourth-order valence-electron chi connectivity index (χ4n) is 2.24. The summed E-state index contributed by atoms with van der Waals surface area (Å²) in [5.41, 5.74) is 2.44. The van der Waals surface area contributed by atoms with Gasteiger partial charge >= 0.3 is 0 Å². The van der Waals surface area contributed by atoms with Crippen LogP contribution in [-0.4, -0.2) is 16.3 Å². The van der Waals surface area contributed by atoms with E-state index in [-0.39, 0.29) is 0 Å². The van der Waals surface area contributed by atoms with Crippen LogP contribution in [0.4, 0.5) is 0 Å². The molecule has 0 saturated carbocycles. The summed E-state index contributed by atoms with van der Waals surface area (Å²) in [5, 5.41) is 8.18. The van der Waals surface area contributed by atoms with Crippen molar-refractivity contribution in [2.45, 2.75) is 59.0 Å². The summed E-state index contributed by atoms with van der Waals surface area (Å²) in [6, 6.07) is 2.64. The quantitative estimate of drug-likeness (QED) is 0.535. The highest BCUT2D eigenvalue weighted by Gasteiger charge is 2.15. The van der Waals surface area contributed by atoms with Gasteiger partial charge in [0.25, 0.3) is 0 Å². The Hall–Kier alpha value is -1.09. The molecule has 1 unspecified atom stereocenters. The minimum absolute atomic E-state index is 0.422. The Balaban J connectivity index is 2.75. The summed E-state index contributed by atoms with van der Waals surface area (Å²) in [7, 11) is 0. The Morgan fingerprint density at radius 1 is 1.50 bits per heavy atom. The number of rotatable bonds is 9. The molecule has 1 heterocycles. The second-order valence-electron chi connectivity index (χ2n) is 4.75. The molecule has 18 heavy (non-hydrogen) atoms. The van der Waals surface area contributed by atoms with E-state index in [1.807, 2.05) is 6.08 Å². The maximum atomic E-state index is 4.54. The Kier molecular flexibility index (Phi) is 6.73. The summed E-state index contributed by atoms with van der Waals surface area (Å²) in [4.78, 5) is 0. The fraction of sp³-hybridized carbons (Fsp3) is 0.667. The van der Waals surface area contributed by atoms with Crippen molar-refractivity contribution in [1.29, 1.82) is 0 Å². The summed E-state index contributed by atoms with van der Waals surface area (Å²) >= 11 is 0. The SMILES string of the molecule is C=CCCCC(NCCC)c1cc(C)nn1CC. The molecular weight excluding hydrogens is 222 g/mol. The van der Waals surface area contributed by atoms with Gasteiger partial charge in [0.05, 0.1) is 11.4 Å². The van der Waals surface area contributed by atoms with Gasteiger partial charge in [0.2, 0.25) is 0 Å². The topological polar surface area (TPSA) is 29.9 Å². The van der Waals surface area contributed by atoms with Crippen LogP contribution in [0.5, 0.6) is 0 Å². The first-order valence-corrected chi connectivity index (χ1v) is 7.11. The fourth-order valence-corrected chi connectivity index (χ4v) is 2.24. The maximum Gasteiger partial charge on any atom is 0.0597 e. The second kappa shape index (κ2) is 8.09. The van der Waals surface area contributed by atoms with Crippen LogP contribution in [0.15, 0.2) is 18.7 Å². The Labute approximate surface area is 111 Å². The third-order valence-corrected chi connectivity index (χ3v) is 3.13. The van der Waals surface area contributed by atoms with E-state index < -0.39 is 0 Å². The van der Waals surface area contributed by atoms with Crippen molar-refractivity contribution >= 4 is 0 Å². The number of unbranched alkanes of at least 4 members (excludes halogenated alkanes) is 1. The van der Waals surface area contributed by atoms with Gasteiger partial charge < -0.3 is 5.32 Å². The smallest absolute Gasteiger partial charge is 0.0597 e. The predicted molar refractivity (Wildman–Crippen MR) is 77.7 cm³/mol. The average molecular weight is 249 g/mol. The van der Waals surface area contributed by atoms with E-state index in [9.17, 15) is 0 Å². The molecule has 0 aliphatic carbocycles. The molecule has 0 fully saturated rings. The molecule has 102 valence electrons. The Bertz CT molecular complexity index is 355. The van der Waals surface area contributed by atoms with E-state index in [0.29, 0.717) is 6.04 Å². The van der Waals surface area contributed by atoms with Gasteiger partial charge in [0.1, 0.15) is 0 Å². The van der Waals surface area contributed by atoms with E-state index in [1.165, 1.54) is 12.1 Å². The van der Waals surface area contributed by atoms with Gasteiger partial charge in [-0.25, -0.2) is 0 Å². The minimum Gasteiger partial charge on any atom is -0.309 e. The van der Waals surface area contributed by atoms with Gasteiger partial charge in [0, 0.05) is 12.6 Å². The zero-order valence-corrected chi connectivity index (χ0v) is 12.1. The lowest BCUT2D eigenvalue weighted by molar-refractivity contribution is 0.447. The number of allylic oxidation sites excluding steroid dienone is 1. The first-order chi connectivity index (χ1) is 8.72. The van der Waals surface area contributed by atoms with E-state index >= 15 is 0 Å². The van der Waals surface area contributed by atoms with Gasteiger partial charge in [-0.3, -0.25) is 4.68 Å². The number of nitrogens with one attached hydrogen (secondary N) is 1. The lowest BCUT2D eigenvalue weighted by Crippen LogP contribution is -2.24. The van der Waals surface area contributed by atoms with E-state index in [0.717, 1.165) is 38.0 Å². The third kappa shape index (κ3) is 4.30. The normalized spacial score (nSPS) is 12.6. The molecule has 0 radical (unpaired) electrons. The first-order valence-electron chi connectivity index (χ1n) is 7.11. The predicted octanol–water partition coefficient (Wildman–Crippen LogP) is 3.61. The number of hydrogen-bond acceptors (Lipinski definition) is 2.